The number of benzene rings is 3. The van der Waals surface area contributed by atoms with Crippen molar-refractivity contribution in [1.82, 2.24) is 0 Å². The molecule has 1 fully saturated rings. The van der Waals surface area contributed by atoms with E-state index < -0.39 is 31.5 Å². The summed E-state index contributed by atoms with van der Waals surface area (Å²) in [6.07, 6.45) is -2.34. The summed E-state index contributed by atoms with van der Waals surface area (Å²) >= 11 is 1.30. The van der Waals surface area contributed by atoms with Crippen molar-refractivity contribution in [3.8, 4) is 0 Å². The van der Waals surface area contributed by atoms with E-state index in [4.69, 9.17) is 18.7 Å². The van der Waals surface area contributed by atoms with Gasteiger partial charge in [-0.05, 0) is 28.1 Å². The number of aliphatic hydroxyl groups excluding tert-OH is 1. The zero-order valence-electron chi connectivity index (χ0n) is 20.9. The average Bonchev–Trinajstić information content (AvgIpc) is 3.51. The van der Waals surface area contributed by atoms with Gasteiger partial charge in [0, 0.05) is 0 Å². The fourth-order valence-corrected chi connectivity index (χ4v) is 8.12. The quantitative estimate of drug-likeness (QED) is 0.240. The van der Waals surface area contributed by atoms with E-state index in [1.165, 1.54) is 11.3 Å². The first-order valence-corrected chi connectivity index (χ1v) is 15.1. The van der Waals surface area contributed by atoms with Crippen LogP contribution in [0.2, 0.25) is 0 Å². The molecule has 1 aliphatic rings. The Morgan fingerprint density at radius 2 is 1.24 bits per heavy atom. The third-order valence-electron chi connectivity index (χ3n) is 6.40. The zero-order valence-corrected chi connectivity index (χ0v) is 22.6. The molecule has 0 radical (unpaired) electrons. The number of rotatable bonds is 11. The standard InChI is InChI=1S/C30H31O6PS/c31-30-29(35-21-25-15-8-3-9-16-25)28(34-20-24-13-6-2-7-14-24)26(22-33-19-23-11-4-1-5-12-23)36-37(30,32)27-17-10-18-38-27/h1-18,26,28-31H,19-22H2. The van der Waals surface area contributed by atoms with Crippen LogP contribution in [0, 0.1) is 0 Å². The Labute approximate surface area is 227 Å². The Bertz CT molecular complexity index is 1290. The summed E-state index contributed by atoms with van der Waals surface area (Å²) < 4.78 is 39.7. The van der Waals surface area contributed by atoms with E-state index in [1.54, 1.807) is 12.1 Å². The van der Waals surface area contributed by atoms with Crippen LogP contribution in [-0.2, 0) is 43.1 Å². The number of hydrogen-bond donors (Lipinski definition) is 1. The molecule has 4 aromatic rings. The van der Waals surface area contributed by atoms with Crippen LogP contribution in [0.25, 0.3) is 0 Å². The van der Waals surface area contributed by atoms with Crippen LogP contribution >= 0.6 is 18.7 Å². The minimum absolute atomic E-state index is 0.127. The maximum Gasteiger partial charge on any atom is 0.272 e. The van der Waals surface area contributed by atoms with Crippen LogP contribution < -0.4 is 4.62 Å². The predicted octanol–water partition coefficient (Wildman–Crippen LogP) is 5.76. The molecule has 1 saturated heterocycles. The van der Waals surface area contributed by atoms with Gasteiger partial charge in [0.25, 0.3) is 7.37 Å². The van der Waals surface area contributed by atoms with Gasteiger partial charge in [-0.3, -0.25) is 4.57 Å². The smallest absolute Gasteiger partial charge is 0.272 e. The van der Waals surface area contributed by atoms with Crippen molar-refractivity contribution in [2.24, 2.45) is 0 Å². The molecule has 5 unspecified atom stereocenters. The molecule has 0 spiro atoms. The average molecular weight is 551 g/mol. The fourth-order valence-electron chi connectivity index (χ4n) is 4.44. The highest BCUT2D eigenvalue weighted by atomic mass is 32.1. The van der Waals surface area contributed by atoms with Crippen molar-refractivity contribution in [2.45, 2.75) is 44.0 Å². The Morgan fingerprint density at radius 1 is 0.711 bits per heavy atom. The Morgan fingerprint density at radius 3 is 1.76 bits per heavy atom. The zero-order chi connectivity index (χ0) is 26.2. The summed E-state index contributed by atoms with van der Waals surface area (Å²) in [7, 11) is -3.70. The molecule has 1 N–H and O–H groups in total. The van der Waals surface area contributed by atoms with Crippen molar-refractivity contribution < 1.29 is 28.4 Å². The number of hydrogen-bond acceptors (Lipinski definition) is 7. The van der Waals surface area contributed by atoms with Crippen molar-refractivity contribution in [2.75, 3.05) is 6.61 Å². The second kappa shape index (κ2) is 13.0. The van der Waals surface area contributed by atoms with Crippen LogP contribution in [0.1, 0.15) is 16.7 Å². The Hall–Kier alpha value is -2.61. The summed E-state index contributed by atoms with van der Waals surface area (Å²) in [6.45, 7) is 1.01. The molecule has 0 amide bonds. The van der Waals surface area contributed by atoms with E-state index in [2.05, 4.69) is 0 Å². The highest BCUT2D eigenvalue weighted by molar-refractivity contribution is 7.73. The molecule has 5 atom stereocenters. The van der Waals surface area contributed by atoms with Gasteiger partial charge in [-0.1, -0.05) is 97.1 Å². The fraction of sp³-hybridized carbons (Fsp3) is 0.267. The second-order valence-electron chi connectivity index (χ2n) is 9.13. The molecule has 38 heavy (non-hydrogen) atoms. The first kappa shape index (κ1) is 27.0. The first-order chi connectivity index (χ1) is 18.6. The second-order valence-corrected chi connectivity index (χ2v) is 12.8. The molecule has 1 aliphatic heterocycles. The monoisotopic (exact) mass is 550 g/mol. The molecule has 0 saturated carbocycles. The van der Waals surface area contributed by atoms with Gasteiger partial charge in [0.15, 0.2) is 5.85 Å². The lowest BCUT2D eigenvalue weighted by molar-refractivity contribution is -0.174. The largest absolute Gasteiger partial charge is 0.380 e. The number of aliphatic hydroxyl groups is 1. The Balaban J connectivity index is 1.41. The van der Waals surface area contributed by atoms with Crippen LogP contribution in [0.4, 0.5) is 0 Å². The molecule has 198 valence electrons. The maximum atomic E-state index is 14.3. The van der Waals surface area contributed by atoms with Crippen LogP contribution in [-0.4, -0.2) is 35.9 Å². The molecule has 3 aromatic carbocycles. The van der Waals surface area contributed by atoms with Gasteiger partial charge in [-0.2, -0.15) is 0 Å². The van der Waals surface area contributed by atoms with E-state index >= 15 is 0 Å². The maximum absolute atomic E-state index is 14.3. The molecule has 0 aliphatic carbocycles. The summed E-state index contributed by atoms with van der Waals surface area (Å²) in [6, 6.07) is 32.8. The van der Waals surface area contributed by atoms with Crippen molar-refractivity contribution in [3.05, 3.63) is 125 Å². The van der Waals surface area contributed by atoms with Gasteiger partial charge >= 0.3 is 0 Å². The van der Waals surface area contributed by atoms with Crippen molar-refractivity contribution in [3.63, 3.8) is 0 Å². The van der Waals surface area contributed by atoms with E-state index in [-0.39, 0.29) is 19.8 Å². The van der Waals surface area contributed by atoms with Gasteiger partial charge in [0.05, 0.1) is 31.0 Å². The van der Waals surface area contributed by atoms with Gasteiger partial charge in [0.1, 0.15) is 18.3 Å². The number of ether oxygens (including phenoxy) is 3. The summed E-state index contributed by atoms with van der Waals surface area (Å²) in [5, 5.41) is 13.3. The lowest BCUT2D eigenvalue weighted by Crippen LogP contribution is -2.55. The molecular weight excluding hydrogens is 519 g/mol. The summed E-state index contributed by atoms with van der Waals surface area (Å²) in [5.41, 5.74) is 2.93. The highest BCUT2D eigenvalue weighted by Gasteiger charge is 2.54. The van der Waals surface area contributed by atoms with Crippen molar-refractivity contribution >= 4 is 23.3 Å². The van der Waals surface area contributed by atoms with E-state index in [1.807, 2.05) is 96.4 Å². The van der Waals surface area contributed by atoms with Gasteiger partial charge < -0.3 is 23.8 Å². The first-order valence-electron chi connectivity index (χ1n) is 12.6. The number of thiophene rings is 1. The predicted molar refractivity (Wildman–Crippen MR) is 149 cm³/mol. The van der Waals surface area contributed by atoms with Crippen LogP contribution in [0.15, 0.2) is 109 Å². The topological polar surface area (TPSA) is 74.2 Å². The Kier molecular flexibility index (Phi) is 9.20. The molecule has 0 bridgehead atoms. The van der Waals surface area contributed by atoms with E-state index in [9.17, 15) is 9.67 Å². The molecule has 2 heterocycles. The lowest BCUT2D eigenvalue weighted by atomic mass is 10.1. The molecular formula is C30H31O6PS. The SMILES string of the molecule is O=P1(c2cccs2)OC(COCc2ccccc2)C(OCc2ccccc2)C(OCc2ccccc2)C1O. The lowest BCUT2D eigenvalue weighted by Gasteiger charge is -2.43. The van der Waals surface area contributed by atoms with Crippen LogP contribution in [0.3, 0.4) is 0 Å². The molecule has 5 rings (SSSR count). The third kappa shape index (κ3) is 6.50. The van der Waals surface area contributed by atoms with Crippen molar-refractivity contribution in [1.29, 1.82) is 0 Å². The molecule has 1 aromatic heterocycles. The van der Waals surface area contributed by atoms with Gasteiger partial charge in [0.2, 0.25) is 0 Å². The minimum Gasteiger partial charge on any atom is -0.380 e. The normalized spacial score (nSPS) is 25.3. The van der Waals surface area contributed by atoms with E-state index in [0.29, 0.717) is 11.2 Å². The van der Waals surface area contributed by atoms with Gasteiger partial charge in [-0.15, -0.1) is 11.3 Å². The summed E-state index contributed by atoms with van der Waals surface area (Å²) in [5.74, 6) is -1.39. The van der Waals surface area contributed by atoms with Gasteiger partial charge in [-0.25, -0.2) is 0 Å². The summed E-state index contributed by atoms with van der Waals surface area (Å²) in [4.78, 5) is 0. The molecule has 6 nitrogen and oxygen atoms in total. The molecule has 8 heteroatoms. The van der Waals surface area contributed by atoms with E-state index in [0.717, 1.165) is 16.7 Å². The highest BCUT2D eigenvalue weighted by Crippen LogP contribution is 2.58. The van der Waals surface area contributed by atoms with Crippen LogP contribution in [0.5, 0.6) is 0 Å². The third-order valence-corrected chi connectivity index (χ3v) is 10.5. The minimum atomic E-state index is -3.70.